The molecule has 4 nitrogen and oxygen atoms in total. The highest BCUT2D eigenvalue weighted by molar-refractivity contribution is 5.89. The molecule has 0 spiro atoms. The molecule has 118 valence electrons. The zero-order chi connectivity index (χ0) is 16.3. The summed E-state index contributed by atoms with van der Waals surface area (Å²) in [6, 6.07) is 6.37. The van der Waals surface area contributed by atoms with Crippen molar-refractivity contribution < 1.29 is 13.6 Å². The van der Waals surface area contributed by atoms with Crippen LogP contribution in [0.2, 0.25) is 0 Å². The van der Waals surface area contributed by atoms with Gasteiger partial charge in [-0.1, -0.05) is 0 Å². The van der Waals surface area contributed by atoms with E-state index < -0.39 is 17.7 Å². The van der Waals surface area contributed by atoms with E-state index in [9.17, 15) is 13.6 Å². The van der Waals surface area contributed by atoms with E-state index in [1.54, 1.807) is 4.90 Å². The molecule has 0 saturated carbocycles. The first-order valence-electron chi connectivity index (χ1n) is 7.01. The predicted octanol–water partition coefficient (Wildman–Crippen LogP) is 3.75. The summed E-state index contributed by atoms with van der Waals surface area (Å²) in [6.07, 6.45) is 1.89. The number of hydrogen-bond acceptors (Lipinski definition) is 1. The van der Waals surface area contributed by atoms with Crippen molar-refractivity contribution in [3.63, 3.8) is 0 Å². The molecule has 0 aliphatic carbocycles. The summed E-state index contributed by atoms with van der Waals surface area (Å²) in [4.78, 5) is 14.0. The van der Waals surface area contributed by atoms with Crippen LogP contribution in [0.1, 0.15) is 19.5 Å². The Morgan fingerprint density at radius 2 is 2.05 bits per heavy atom. The molecule has 2 rings (SSSR count). The fourth-order valence-corrected chi connectivity index (χ4v) is 2.10. The number of aryl methyl sites for hydroxylation is 1. The monoisotopic (exact) mass is 307 g/mol. The summed E-state index contributed by atoms with van der Waals surface area (Å²) in [7, 11) is 1.89. The molecule has 6 heteroatoms. The van der Waals surface area contributed by atoms with E-state index in [4.69, 9.17) is 0 Å². The largest absolute Gasteiger partial charge is 0.353 e. The van der Waals surface area contributed by atoms with Crippen LogP contribution in [0.4, 0.5) is 19.3 Å². The lowest BCUT2D eigenvalue weighted by Crippen LogP contribution is -2.40. The Bertz CT molecular complexity index is 667. The number of carbonyl (C=O) groups is 1. The van der Waals surface area contributed by atoms with Crippen molar-refractivity contribution in [2.24, 2.45) is 7.05 Å². The standard InChI is InChI=1S/C16H19F2N3O/c1-11(2)21(10-13-5-4-8-20(13)3)16(22)19-15-7-6-12(17)9-14(15)18/h4-9,11H,10H2,1-3H3,(H,19,22). The molecule has 0 fully saturated rings. The summed E-state index contributed by atoms with van der Waals surface area (Å²) in [5.41, 5.74) is 0.923. The minimum Gasteiger partial charge on any atom is -0.353 e. The zero-order valence-corrected chi connectivity index (χ0v) is 12.8. The number of aromatic nitrogens is 1. The van der Waals surface area contributed by atoms with Crippen molar-refractivity contribution in [3.8, 4) is 0 Å². The molecule has 1 N–H and O–H groups in total. The number of rotatable bonds is 4. The first-order chi connectivity index (χ1) is 10.4. The van der Waals surface area contributed by atoms with Gasteiger partial charge < -0.3 is 14.8 Å². The zero-order valence-electron chi connectivity index (χ0n) is 12.8. The molecule has 2 amide bonds. The SMILES string of the molecule is CC(C)N(Cc1cccn1C)C(=O)Nc1ccc(F)cc1F. The number of nitrogens with one attached hydrogen (secondary N) is 1. The van der Waals surface area contributed by atoms with Gasteiger partial charge in [0.25, 0.3) is 0 Å². The average molecular weight is 307 g/mol. The minimum atomic E-state index is -0.795. The minimum absolute atomic E-state index is 0.0380. The number of benzene rings is 1. The molecule has 1 aromatic carbocycles. The van der Waals surface area contributed by atoms with Gasteiger partial charge in [-0.05, 0) is 38.1 Å². The quantitative estimate of drug-likeness (QED) is 0.918. The third-order valence-electron chi connectivity index (χ3n) is 3.44. The van der Waals surface area contributed by atoms with E-state index in [0.29, 0.717) is 6.54 Å². The Kier molecular flexibility index (Phi) is 4.80. The van der Waals surface area contributed by atoms with Crippen LogP contribution in [0, 0.1) is 11.6 Å². The van der Waals surface area contributed by atoms with E-state index in [2.05, 4.69) is 5.32 Å². The van der Waals surface area contributed by atoms with E-state index in [0.717, 1.165) is 17.8 Å². The Hall–Kier alpha value is -2.37. The Morgan fingerprint density at radius 1 is 1.32 bits per heavy atom. The molecule has 1 aromatic heterocycles. The van der Waals surface area contributed by atoms with Gasteiger partial charge in [-0.2, -0.15) is 0 Å². The summed E-state index contributed by atoms with van der Waals surface area (Å²) < 4.78 is 28.5. The Labute approximate surface area is 128 Å². The fourth-order valence-electron chi connectivity index (χ4n) is 2.10. The Balaban J connectivity index is 2.14. The molecule has 0 saturated heterocycles. The van der Waals surface area contributed by atoms with Gasteiger partial charge >= 0.3 is 6.03 Å². The van der Waals surface area contributed by atoms with Crippen molar-refractivity contribution in [2.45, 2.75) is 26.4 Å². The lowest BCUT2D eigenvalue weighted by atomic mass is 10.2. The van der Waals surface area contributed by atoms with Gasteiger partial charge in [0.2, 0.25) is 0 Å². The van der Waals surface area contributed by atoms with Crippen LogP contribution in [0.15, 0.2) is 36.5 Å². The molecular formula is C16H19F2N3O. The van der Waals surface area contributed by atoms with Gasteiger partial charge in [0.15, 0.2) is 0 Å². The lowest BCUT2D eigenvalue weighted by Gasteiger charge is -2.27. The van der Waals surface area contributed by atoms with Gasteiger partial charge in [-0.3, -0.25) is 0 Å². The molecular weight excluding hydrogens is 288 g/mol. The number of halogens is 2. The van der Waals surface area contributed by atoms with Crippen molar-refractivity contribution in [1.82, 2.24) is 9.47 Å². The fraction of sp³-hybridized carbons (Fsp3) is 0.312. The number of amides is 2. The number of anilines is 1. The topological polar surface area (TPSA) is 37.3 Å². The highest BCUT2D eigenvalue weighted by Gasteiger charge is 2.19. The molecule has 0 atom stereocenters. The number of carbonyl (C=O) groups excluding carboxylic acids is 1. The van der Waals surface area contributed by atoms with Crippen LogP contribution in [0.5, 0.6) is 0 Å². The molecule has 2 aromatic rings. The van der Waals surface area contributed by atoms with Crippen LogP contribution < -0.4 is 5.32 Å². The first-order valence-corrected chi connectivity index (χ1v) is 7.01. The van der Waals surface area contributed by atoms with Gasteiger partial charge in [0, 0.05) is 31.0 Å². The van der Waals surface area contributed by atoms with E-state index >= 15 is 0 Å². The summed E-state index contributed by atoms with van der Waals surface area (Å²) >= 11 is 0. The third-order valence-corrected chi connectivity index (χ3v) is 3.44. The highest BCUT2D eigenvalue weighted by atomic mass is 19.1. The first kappa shape index (κ1) is 16.0. The van der Waals surface area contributed by atoms with Gasteiger partial charge in [0.05, 0.1) is 12.2 Å². The summed E-state index contributed by atoms with van der Waals surface area (Å²) in [6.45, 7) is 4.16. The molecule has 1 heterocycles. The smallest absolute Gasteiger partial charge is 0.322 e. The molecule has 0 aliphatic rings. The van der Waals surface area contributed by atoms with Gasteiger partial charge in [-0.25, -0.2) is 13.6 Å². The molecule has 0 radical (unpaired) electrons. The van der Waals surface area contributed by atoms with E-state index in [1.165, 1.54) is 6.07 Å². The maximum atomic E-state index is 13.6. The highest BCUT2D eigenvalue weighted by Crippen LogP contribution is 2.17. The number of urea groups is 1. The maximum absolute atomic E-state index is 13.6. The van der Waals surface area contributed by atoms with Crippen molar-refractivity contribution in [2.75, 3.05) is 5.32 Å². The second-order valence-corrected chi connectivity index (χ2v) is 5.39. The van der Waals surface area contributed by atoms with Crippen LogP contribution in [-0.2, 0) is 13.6 Å². The van der Waals surface area contributed by atoms with Crippen LogP contribution in [-0.4, -0.2) is 21.5 Å². The summed E-state index contributed by atoms with van der Waals surface area (Å²) in [5, 5.41) is 2.49. The molecule has 0 bridgehead atoms. The van der Waals surface area contributed by atoms with E-state index in [1.807, 2.05) is 43.8 Å². The van der Waals surface area contributed by atoms with Crippen LogP contribution >= 0.6 is 0 Å². The number of nitrogens with zero attached hydrogens (tertiary/aromatic N) is 2. The normalized spacial score (nSPS) is 10.8. The molecule has 0 aliphatic heterocycles. The summed E-state index contributed by atoms with van der Waals surface area (Å²) in [5.74, 6) is -1.48. The average Bonchev–Trinajstić information content (AvgIpc) is 2.84. The van der Waals surface area contributed by atoms with Crippen molar-refractivity contribution in [1.29, 1.82) is 0 Å². The number of hydrogen-bond donors (Lipinski definition) is 1. The van der Waals surface area contributed by atoms with Crippen LogP contribution in [0.25, 0.3) is 0 Å². The predicted molar refractivity (Wildman–Crippen MR) is 81.5 cm³/mol. The van der Waals surface area contributed by atoms with Gasteiger partial charge in [0.1, 0.15) is 11.6 Å². The third kappa shape index (κ3) is 3.63. The maximum Gasteiger partial charge on any atom is 0.322 e. The van der Waals surface area contributed by atoms with Crippen LogP contribution in [0.3, 0.4) is 0 Å². The second kappa shape index (κ2) is 6.60. The van der Waals surface area contributed by atoms with Gasteiger partial charge in [-0.15, -0.1) is 0 Å². The molecule has 0 unspecified atom stereocenters. The lowest BCUT2D eigenvalue weighted by molar-refractivity contribution is 0.192. The molecule has 22 heavy (non-hydrogen) atoms. The van der Waals surface area contributed by atoms with E-state index in [-0.39, 0.29) is 11.7 Å². The second-order valence-electron chi connectivity index (χ2n) is 5.39. The van der Waals surface area contributed by atoms with Crippen molar-refractivity contribution >= 4 is 11.7 Å². The Morgan fingerprint density at radius 3 is 2.59 bits per heavy atom. The van der Waals surface area contributed by atoms with Crippen molar-refractivity contribution in [3.05, 3.63) is 53.9 Å².